The van der Waals surface area contributed by atoms with Crippen LogP contribution in [-0.2, 0) is 16.9 Å². The number of rotatable bonds is 0. The van der Waals surface area contributed by atoms with E-state index in [1.54, 1.807) is 0 Å². The number of guanidine groups is 2. The Kier molecular flexibility index (Phi) is 2.71. The summed E-state index contributed by atoms with van der Waals surface area (Å²) in [4.78, 5) is 15.9. The number of carbonyl (C=O) groups excluding carboxylic acids is 1. The van der Waals surface area contributed by atoms with E-state index in [1.807, 2.05) is 36.4 Å². The van der Waals surface area contributed by atoms with Gasteiger partial charge in [0.25, 0.3) is 0 Å². The molecular weight excluding hydrogens is 316 g/mol. The van der Waals surface area contributed by atoms with Crippen LogP contribution in [0.1, 0.15) is 11.1 Å². The average molecular weight is 334 g/mol. The molecule has 5 rings (SSSR count). The molecule has 25 heavy (non-hydrogen) atoms. The molecule has 1 spiro atoms. The lowest BCUT2D eigenvalue weighted by Crippen LogP contribution is -2.99. The normalized spacial score (nSPS) is 26.4. The van der Waals surface area contributed by atoms with Crippen molar-refractivity contribution in [3.8, 4) is 0 Å². The molecule has 0 saturated carbocycles. The third-order valence-electron chi connectivity index (χ3n) is 4.96. The van der Waals surface area contributed by atoms with Gasteiger partial charge in [0.2, 0.25) is 0 Å². The maximum absolute atomic E-state index is 12.8. The van der Waals surface area contributed by atoms with E-state index in [1.165, 1.54) is 5.56 Å². The minimum Gasteiger partial charge on any atom is -0.319 e. The van der Waals surface area contributed by atoms with E-state index >= 15 is 0 Å². The number of nitrogens with two attached hydrogens (primary N) is 1. The van der Waals surface area contributed by atoms with Crippen LogP contribution in [0.25, 0.3) is 0 Å². The SMILES string of the molecule is NC1=[NH+][C@@]2(NC(=[N+]3CCc4ccccc43)N1)C(=O)Nc1ccccc12. The number of hydrogen-bond acceptors (Lipinski definition) is 2. The molecule has 0 radical (unpaired) electrons. The van der Waals surface area contributed by atoms with Crippen molar-refractivity contribution in [2.45, 2.75) is 12.1 Å². The maximum atomic E-state index is 12.8. The molecule has 1 atom stereocenters. The van der Waals surface area contributed by atoms with Crippen molar-refractivity contribution < 1.29 is 14.4 Å². The summed E-state index contributed by atoms with van der Waals surface area (Å²) in [5.41, 5.74) is 9.01. The molecule has 3 aliphatic heterocycles. The van der Waals surface area contributed by atoms with E-state index in [2.05, 4.69) is 37.7 Å². The van der Waals surface area contributed by atoms with Crippen LogP contribution in [0.4, 0.5) is 11.4 Å². The third kappa shape index (κ3) is 1.89. The predicted molar refractivity (Wildman–Crippen MR) is 93.1 cm³/mol. The summed E-state index contributed by atoms with van der Waals surface area (Å²) in [6.45, 7) is 0.821. The summed E-state index contributed by atoms with van der Waals surface area (Å²) in [6, 6.07) is 15.9. The Hall–Kier alpha value is -3.35. The molecule has 124 valence electrons. The number of anilines is 1. The molecule has 0 aliphatic carbocycles. The highest BCUT2D eigenvalue weighted by atomic mass is 16.2. The first-order valence-electron chi connectivity index (χ1n) is 8.26. The zero-order valence-electron chi connectivity index (χ0n) is 13.5. The molecule has 7 nitrogen and oxygen atoms in total. The topological polar surface area (TPSA) is 96.2 Å². The lowest BCUT2D eigenvalue weighted by Gasteiger charge is -2.25. The fourth-order valence-electron chi connectivity index (χ4n) is 3.81. The number of fused-ring (bicyclic) bond motifs is 3. The highest BCUT2D eigenvalue weighted by molar-refractivity contribution is 6.08. The fraction of sp³-hybridized carbons (Fsp3) is 0.167. The second-order valence-electron chi connectivity index (χ2n) is 6.42. The Bertz CT molecular complexity index is 979. The number of nitrogens with zero attached hydrogens (tertiary/aromatic N) is 1. The van der Waals surface area contributed by atoms with Crippen LogP contribution in [0, 0.1) is 0 Å². The minimum atomic E-state index is -1.11. The van der Waals surface area contributed by atoms with E-state index in [4.69, 9.17) is 5.73 Å². The average Bonchev–Trinajstić information content (AvgIpc) is 3.15. The van der Waals surface area contributed by atoms with Gasteiger partial charge in [0.15, 0.2) is 0 Å². The number of para-hydroxylation sites is 2. The number of benzene rings is 2. The van der Waals surface area contributed by atoms with Crippen molar-refractivity contribution in [1.29, 1.82) is 0 Å². The van der Waals surface area contributed by atoms with E-state index in [0.29, 0.717) is 11.9 Å². The molecule has 0 fully saturated rings. The van der Waals surface area contributed by atoms with Crippen molar-refractivity contribution in [2.75, 3.05) is 11.9 Å². The molecule has 3 heterocycles. The Morgan fingerprint density at radius 2 is 1.88 bits per heavy atom. The zero-order valence-corrected chi connectivity index (χ0v) is 13.5. The van der Waals surface area contributed by atoms with Crippen LogP contribution < -0.4 is 26.7 Å². The summed E-state index contributed by atoms with van der Waals surface area (Å²) < 4.78 is 2.12. The highest BCUT2D eigenvalue weighted by Crippen LogP contribution is 2.32. The van der Waals surface area contributed by atoms with Gasteiger partial charge < -0.3 is 5.32 Å². The van der Waals surface area contributed by atoms with Crippen LogP contribution in [0.2, 0.25) is 0 Å². The number of nitrogens with one attached hydrogen (secondary N) is 4. The summed E-state index contributed by atoms with van der Waals surface area (Å²) in [5, 5.41) is 9.41. The van der Waals surface area contributed by atoms with Gasteiger partial charge in [0, 0.05) is 6.42 Å². The molecule has 0 bridgehead atoms. The molecule has 1 amide bonds. The lowest BCUT2D eigenvalue weighted by atomic mass is 10.0. The van der Waals surface area contributed by atoms with Gasteiger partial charge in [-0.1, -0.05) is 30.3 Å². The molecule has 0 aromatic heterocycles. The minimum absolute atomic E-state index is 0.178. The van der Waals surface area contributed by atoms with Gasteiger partial charge in [-0.15, -0.1) is 0 Å². The highest BCUT2D eigenvalue weighted by Gasteiger charge is 2.55. The van der Waals surface area contributed by atoms with Gasteiger partial charge in [-0.2, -0.15) is 5.32 Å². The van der Waals surface area contributed by atoms with E-state index in [9.17, 15) is 4.79 Å². The van der Waals surface area contributed by atoms with Gasteiger partial charge in [0.05, 0.1) is 17.8 Å². The molecule has 2 aromatic carbocycles. The summed E-state index contributed by atoms with van der Waals surface area (Å²) in [6.07, 6.45) is 0.951. The van der Waals surface area contributed by atoms with Crippen molar-refractivity contribution in [3.05, 3.63) is 59.7 Å². The Labute approximate surface area is 144 Å². The van der Waals surface area contributed by atoms with Gasteiger partial charge in [-0.3, -0.25) is 10.5 Å². The van der Waals surface area contributed by atoms with Gasteiger partial charge in [-0.05, 0) is 23.8 Å². The maximum Gasteiger partial charge on any atom is 0.364 e. The quantitative estimate of drug-likeness (QED) is 0.384. The van der Waals surface area contributed by atoms with Gasteiger partial charge >= 0.3 is 23.5 Å². The molecule has 6 N–H and O–H groups in total. The van der Waals surface area contributed by atoms with Crippen molar-refractivity contribution in [2.24, 2.45) is 5.73 Å². The second kappa shape index (κ2) is 4.83. The predicted octanol–water partition coefficient (Wildman–Crippen LogP) is -1.36. The van der Waals surface area contributed by atoms with Crippen LogP contribution in [0.5, 0.6) is 0 Å². The molecular formula is C18H18N6O+2. The van der Waals surface area contributed by atoms with Crippen molar-refractivity contribution in [1.82, 2.24) is 10.6 Å². The first-order valence-corrected chi connectivity index (χ1v) is 8.26. The van der Waals surface area contributed by atoms with Crippen LogP contribution >= 0.6 is 0 Å². The van der Waals surface area contributed by atoms with E-state index in [0.717, 1.165) is 29.9 Å². The second-order valence-corrected chi connectivity index (χ2v) is 6.42. The van der Waals surface area contributed by atoms with Crippen LogP contribution in [0.3, 0.4) is 0 Å². The fourth-order valence-corrected chi connectivity index (χ4v) is 3.81. The van der Waals surface area contributed by atoms with Crippen LogP contribution in [-0.4, -0.2) is 28.9 Å². The van der Waals surface area contributed by atoms with Gasteiger partial charge in [-0.25, -0.2) is 14.9 Å². The molecule has 0 saturated heterocycles. The first kappa shape index (κ1) is 14.0. The Balaban J connectivity index is 1.68. The number of amides is 1. The molecule has 0 unspecified atom stereocenters. The Morgan fingerprint density at radius 1 is 1.08 bits per heavy atom. The molecule has 2 aromatic rings. The van der Waals surface area contributed by atoms with E-state index in [-0.39, 0.29) is 5.91 Å². The summed E-state index contributed by atoms with van der Waals surface area (Å²) >= 11 is 0. The monoisotopic (exact) mass is 334 g/mol. The summed E-state index contributed by atoms with van der Waals surface area (Å²) in [5.74, 6) is 0.862. The molecule has 7 heteroatoms. The first-order chi connectivity index (χ1) is 12.2. The van der Waals surface area contributed by atoms with Gasteiger partial charge in [0.1, 0.15) is 5.69 Å². The van der Waals surface area contributed by atoms with Crippen LogP contribution in [0.15, 0.2) is 48.5 Å². The van der Waals surface area contributed by atoms with Crippen molar-refractivity contribution >= 4 is 29.2 Å². The Morgan fingerprint density at radius 3 is 2.80 bits per heavy atom. The third-order valence-corrected chi connectivity index (χ3v) is 4.96. The summed E-state index contributed by atoms with van der Waals surface area (Å²) in [7, 11) is 0. The number of hydrogen-bond donors (Lipinski definition) is 5. The number of carbonyl (C=O) groups is 1. The van der Waals surface area contributed by atoms with E-state index < -0.39 is 5.66 Å². The standard InChI is InChI=1S/C18H16N6O/c19-16-21-17(24-10-9-11-5-1-4-8-14(11)24)23-18(22-16)12-6-2-3-7-13(12)20-15(18)25/h1-8H,9-10H2,(H4,19,20,21,22,23,25)/p+2/t18-/m0/s1. The zero-order chi connectivity index (χ0) is 17.0. The lowest BCUT2D eigenvalue weighted by molar-refractivity contribution is -0.558. The smallest absolute Gasteiger partial charge is 0.319 e. The largest absolute Gasteiger partial charge is 0.364 e. The molecule has 3 aliphatic rings. The van der Waals surface area contributed by atoms with Crippen molar-refractivity contribution in [3.63, 3.8) is 0 Å².